The molecule has 0 saturated heterocycles. The molecular formula is C16H14ClN5O. The summed E-state index contributed by atoms with van der Waals surface area (Å²) in [6.45, 7) is 2.02. The second-order valence-corrected chi connectivity index (χ2v) is 5.44. The molecule has 0 amide bonds. The third-order valence-electron chi connectivity index (χ3n) is 3.31. The molecule has 2 aromatic carbocycles. The van der Waals surface area contributed by atoms with Crippen LogP contribution in [0.4, 0.5) is 5.95 Å². The van der Waals surface area contributed by atoms with Gasteiger partial charge in [0, 0.05) is 16.0 Å². The van der Waals surface area contributed by atoms with Crippen molar-refractivity contribution in [3.63, 3.8) is 0 Å². The van der Waals surface area contributed by atoms with Crippen molar-refractivity contribution in [1.82, 2.24) is 15.4 Å². The van der Waals surface area contributed by atoms with Crippen molar-refractivity contribution >= 4 is 34.4 Å². The van der Waals surface area contributed by atoms with E-state index in [0.717, 1.165) is 16.5 Å². The normalized spacial score (nSPS) is 11.7. The Morgan fingerprint density at radius 1 is 1.17 bits per heavy atom. The predicted molar refractivity (Wildman–Crippen MR) is 90.9 cm³/mol. The molecule has 0 spiro atoms. The number of benzene rings is 2. The van der Waals surface area contributed by atoms with Crippen LogP contribution in [0.5, 0.6) is 0 Å². The van der Waals surface area contributed by atoms with Crippen LogP contribution in [0.2, 0.25) is 5.02 Å². The molecule has 0 aliphatic carbocycles. The van der Waals surface area contributed by atoms with Crippen molar-refractivity contribution in [1.29, 1.82) is 0 Å². The quantitative estimate of drug-likeness (QED) is 0.381. The molecule has 3 aromatic rings. The lowest BCUT2D eigenvalue weighted by atomic mass is 10.1. The fraction of sp³-hybridized carbons (Fsp3) is 0.0625. The topological polar surface area (TPSA) is 96.4 Å². The SMILES string of the molecule is Cc1ccc(-c2nc(/N=C(\N)NO)nc3ccc(Cl)cc23)cc1. The van der Waals surface area contributed by atoms with E-state index in [9.17, 15) is 0 Å². The van der Waals surface area contributed by atoms with E-state index in [-0.39, 0.29) is 11.9 Å². The van der Waals surface area contributed by atoms with Crippen LogP contribution in [0.15, 0.2) is 47.5 Å². The Bertz CT molecular complexity index is 893. The molecule has 1 heterocycles. The van der Waals surface area contributed by atoms with Gasteiger partial charge in [-0.1, -0.05) is 41.4 Å². The van der Waals surface area contributed by atoms with Crippen LogP contribution < -0.4 is 11.2 Å². The van der Waals surface area contributed by atoms with Crippen molar-refractivity contribution in [3.8, 4) is 11.3 Å². The van der Waals surface area contributed by atoms with Crippen molar-refractivity contribution in [2.24, 2.45) is 10.7 Å². The van der Waals surface area contributed by atoms with Crippen molar-refractivity contribution in [2.45, 2.75) is 6.92 Å². The summed E-state index contributed by atoms with van der Waals surface area (Å²) >= 11 is 6.10. The van der Waals surface area contributed by atoms with Gasteiger partial charge in [-0.2, -0.15) is 4.99 Å². The molecule has 1 aromatic heterocycles. The highest BCUT2D eigenvalue weighted by Crippen LogP contribution is 2.30. The molecule has 3 rings (SSSR count). The molecule has 0 unspecified atom stereocenters. The predicted octanol–water partition coefficient (Wildman–Crippen LogP) is 3.18. The van der Waals surface area contributed by atoms with E-state index < -0.39 is 0 Å². The lowest BCUT2D eigenvalue weighted by Gasteiger charge is -2.08. The van der Waals surface area contributed by atoms with Gasteiger partial charge in [0.15, 0.2) is 0 Å². The highest BCUT2D eigenvalue weighted by Gasteiger charge is 2.10. The van der Waals surface area contributed by atoms with Crippen LogP contribution in [0.3, 0.4) is 0 Å². The van der Waals surface area contributed by atoms with Gasteiger partial charge in [-0.05, 0) is 25.1 Å². The fourth-order valence-electron chi connectivity index (χ4n) is 2.20. The van der Waals surface area contributed by atoms with E-state index in [4.69, 9.17) is 22.5 Å². The number of aromatic nitrogens is 2. The summed E-state index contributed by atoms with van der Waals surface area (Å²) in [4.78, 5) is 12.7. The van der Waals surface area contributed by atoms with Gasteiger partial charge >= 0.3 is 0 Å². The maximum Gasteiger partial charge on any atom is 0.253 e. The molecule has 0 aliphatic rings. The van der Waals surface area contributed by atoms with E-state index in [1.807, 2.05) is 37.3 Å². The molecule has 0 bridgehead atoms. The van der Waals surface area contributed by atoms with Crippen molar-refractivity contribution < 1.29 is 5.21 Å². The first-order chi connectivity index (χ1) is 11.1. The van der Waals surface area contributed by atoms with Crippen LogP contribution in [-0.4, -0.2) is 21.1 Å². The zero-order chi connectivity index (χ0) is 16.4. The molecule has 6 nitrogen and oxygen atoms in total. The third kappa shape index (κ3) is 3.23. The number of hydrogen-bond donors (Lipinski definition) is 3. The number of fused-ring (bicyclic) bond motifs is 1. The number of aliphatic imine (C=N–C) groups is 1. The van der Waals surface area contributed by atoms with E-state index in [2.05, 4.69) is 15.0 Å². The number of nitrogens with one attached hydrogen (secondary N) is 1. The lowest BCUT2D eigenvalue weighted by molar-refractivity contribution is 0.233. The van der Waals surface area contributed by atoms with Gasteiger partial charge in [-0.15, -0.1) is 0 Å². The minimum absolute atomic E-state index is 0.148. The summed E-state index contributed by atoms with van der Waals surface area (Å²) in [5, 5.41) is 10.2. The summed E-state index contributed by atoms with van der Waals surface area (Å²) in [7, 11) is 0. The highest BCUT2D eigenvalue weighted by atomic mass is 35.5. The highest BCUT2D eigenvalue weighted by molar-refractivity contribution is 6.31. The average molecular weight is 328 g/mol. The summed E-state index contributed by atoms with van der Waals surface area (Å²) in [5.41, 5.74) is 10.7. The summed E-state index contributed by atoms with van der Waals surface area (Å²) < 4.78 is 0. The van der Waals surface area contributed by atoms with Crippen LogP contribution in [-0.2, 0) is 0 Å². The number of rotatable bonds is 2. The van der Waals surface area contributed by atoms with E-state index in [1.165, 1.54) is 0 Å². The van der Waals surface area contributed by atoms with E-state index in [1.54, 1.807) is 17.6 Å². The van der Waals surface area contributed by atoms with Gasteiger partial charge in [0.25, 0.3) is 5.95 Å². The molecule has 0 atom stereocenters. The third-order valence-corrected chi connectivity index (χ3v) is 3.54. The number of hydrogen-bond acceptors (Lipinski definition) is 4. The number of aryl methyl sites for hydroxylation is 1. The molecule has 4 N–H and O–H groups in total. The Kier molecular flexibility index (Phi) is 4.10. The van der Waals surface area contributed by atoms with Gasteiger partial charge in [-0.25, -0.2) is 15.4 Å². The smallest absolute Gasteiger partial charge is 0.253 e. The number of nitrogens with zero attached hydrogens (tertiary/aromatic N) is 3. The molecule has 0 aliphatic heterocycles. The van der Waals surface area contributed by atoms with Crippen molar-refractivity contribution in [3.05, 3.63) is 53.1 Å². The minimum atomic E-state index is -0.187. The van der Waals surface area contributed by atoms with Gasteiger partial charge in [-0.3, -0.25) is 5.21 Å². The largest absolute Gasteiger partial charge is 0.368 e. The molecule has 7 heteroatoms. The summed E-state index contributed by atoms with van der Waals surface area (Å²) in [6.07, 6.45) is 0. The maximum absolute atomic E-state index is 8.78. The molecule has 0 fully saturated rings. The number of halogens is 1. The Morgan fingerprint density at radius 2 is 1.91 bits per heavy atom. The van der Waals surface area contributed by atoms with Crippen LogP contribution >= 0.6 is 11.6 Å². The molecule has 116 valence electrons. The first kappa shape index (κ1) is 15.2. The first-order valence-corrected chi connectivity index (χ1v) is 7.23. The lowest BCUT2D eigenvalue weighted by Crippen LogP contribution is -2.27. The molecule has 0 saturated carbocycles. The van der Waals surface area contributed by atoms with E-state index in [0.29, 0.717) is 16.2 Å². The van der Waals surface area contributed by atoms with E-state index >= 15 is 0 Å². The number of nitrogens with two attached hydrogens (primary N) is 1. The standard InChI is InChI=1S/C16H14ClN5O/c1-9-2-4-10(5-3-9)14-12-8-11(17)6-7-13(12)19-16(20-14)21-15(18)22-23/h2-8,23H,1H3,(H3,18,19,20,21,22). The second-order valence-electron chi connectivity index (χ2n) is 5.01. The van der Waals surface area contributed by atoms with Gasteiger partial charge < -0.3 is 5.73 Å². The summed E-state index contributed by atoms with van der Waals surface area (Å²) in [5.74, 6) is -0.0392. The first-order valence-electron chi connectivity index (χ1n) is 6.85. The maximum atomic E-state index is 8.78. The molecule has 0 radical (unpaired) electrons. The molecular weight excluding hydrogens is 314 g/mol. The summed E-state index contributed by atoms with van der Waals surface area (Å²) in [6, 6.07) is 13.3. The zero-order valence-electron chi connectivity index (χ0n) is 12.3. The monoisotopic (exact) mass is 327 g/mol. The Labute approximate surface area is 137 Å². The van der Waals surface area contributed by atoms with Gasteiger partial charge in [0.05, 0.1) is 11.2 Å². The number of hydroxylamine groups is 1. The number of guanidine groups is 1. The van der Waals surface area contributed by atoms with Crippen LogP contribution in [0.1, 0.15) is 5.56 Å². The van der Waals surface area contributed by atoms with Crippen molar-refractivity contribution in [2.75, 3.05) is 0 Å². The Morgan fingerprint density at radius 3 is 2.61 bits per heavy atom. The fourth-order valence-corrected chi connectivity index (χ4v) is 2.37. The molecule has 23 heavy (non-hydrogen) atoms. The van der Waals surface area contributed by atoms with Crippen LogP contribution in [0, 0.1) is 6.92 Å². The van der Waals surface area contributed by atoms with Gasteiger partial charge in [0.1, 0.15) is 0 Å². The average Bonchev–Trinajstić information content (AvgIpc) is 2.55. The Balaban J connectivity index is 2.27. The van der Waals surface area contributed by atoms with Gasteiger partial charge in [0.2, 0.25) is 5.96 Å². The minimum Gasteiger partial charge on any atom is -0.368 e. The zero-order valence-corrected chi connectivity index (χ0v) is 13.0. The second kappa shape index (κ2) is 6.20. The van der Waals surface area contributed by atoms with Crippen LogP contribution in [0.25, 0.3) is 22.2 Å². The Hall–Kier alpha value is -2.70.